The Hall–Kier alpha value is -0.990. The van der Waals surface area contributed by atoms with E-state index in [2.05, 4.69) is 17.3 Å². The van der Waals surface area contributed by atoms with Crippen molar-refractivity contribution in [1.82, 2.24) is 9.78 Å². The Kier molecular flexibility index (Phi) is 2.75. The lowest BCUT2D eigenvalue weighted by Gasteiger charge is -2.20. The zero-order valence-corrected chi connectivity index (χ0v) is 9.03. The second kappa shape index (κ2) is 4.03. The van der Waals surface area contributed by atoms with Gasteiger partial charge in [-0.2, -0.15) is 5.10 Å². The van der Waals surface area contributed by atoms with Crippen LogP contribution in [0.2, 0.25) is 0 Å². The number of rotatable bonds is 3. The first-order chi connectivity index (χ1) is 6.81. The van der Waals surface area contributed by atoms with E-state index in [1.54, 1.807) is 0 Å². The van der Waals surface area contributed by atoms with Crippen LogP contribution in [0, 0.1) is 5.92 Å². The van der Waals surface area contributed by atoms with E-state index in [9.17, 15) is 0 Å². The molecule has 1 aromatic rings. The molecule has 0 bridgehead atoms. The number of anilines is 1. The fourth-order valence-electron chi connectivity index (χ4n) is 2.42. The average molecular weight is 193 g/mol. The fraction of sp³-hybridized carbons (Fsp3) is 0.727. The molecule has 1 heterocycles. The van der Waals surface area contributed by atoms with E-state index in [1.807, 2.05) is 24.0 Å². The van der Waals surface area contributed by atoms with Crippen LogP contribution < -0.4 is 5.32 Å². The SMILES string of the molecule is CCC1CCCC1Nc1ccnn1C. The van der Waals surface area contributed by atoms with Crippen LogP contribution in [0.5, 0.6) is 0 Å². The highest BCUT2D eigenvalue weighted by Gasteiger charge is 2.25. The Morgan fingerprint density at radius 1 is 1.57 bits per heavy atom. The summed E-state index contributed by atoms with van der Waals surface area (Å²) in [6.45, 7) is 2.29. The summed E-state index contributed by atoms with van der Waals surface area (Å²) in [5, 5.41) is 7.75. The van der Waals surface area contributed by atoms with Crippen molar-refractivity contribution in [3.8, 4) is 0 Å². The van der Waals surface area contributed by atoms with Crippen LogP contribution in [0.25, 0.3) is 0 Å². The number of hydrogen-bond donors (Lipinski definition) is 1. The molecule has 2 atom stereocenters. The summed E-state index contributed by atoms with van der Waals surface area (Å²) in [7, 11) is 1.98. The van der Waals surface area contributed by atoms with Crippen molar-refractivity contribution in [2.45, 2.75) is 38.6 Å². The summed E-state index contributed by atoms with van der Waals surface area (Å²) in [4.78, 5) is 0. The average Bonchev–Trinajstić information content (AvgIpc) is 2.77. The van der Waals surface area contributed by atoms with Gasteiger partial charge in [0.2, 0.25) is 0 Å². The molecule has 1 fully saturated rings. The van der Waals surface area contributed by atoms with Gasteiger partial charge in [0.15, 0.2) is 0 Å². The first-order valence-electron chi connectivity index (χ1n) is 5.55. The number of nitrogens with one attached hydrogen (secondary N) is 1. The molecule has 1 aliphatic carbocycles. The normalized spacial score (nSPS) is 26.7. The van der Waals surface area contributed by atoms with Crippen LogP contribution in [0.4, 0.5) is 5.82 Å². The van der Waals surface area contributed by atoms with E-state index in [-0.39, 0.29) is 0 Å². The van der Waals surface area contributed by atoms with Crippen LogP contribution in [-0.4, -0.2) is 15.8 Å². The lowest BCUT2D eigenvalue weighted by atomic mass is 10.0. The Balaban J connectivity index is 2.00. The molecular formula is C11H19N3. The fourth-order valence-corrected chi connectivity index (χ4v) is 2.42. The molecule has 0 aromatic carbocycles. The number of aromatic nitrogens is 2. The van der Waals surface area contributed by atoms with Gasteiger partial charge in [-0.15, -0.1) is 0 Å². The van der Waals surface area contributed by atoms with Gasteiger partial charge in [0.05, 0.1) is 6.20 Å². The third-order valence-corrected chi connectivity index (χ3v) is 3.34. The Labute approximate surface area is 85.5 Å². The third-order valence-electron chi connectivity index (χ3n) is 3.34. The third kappa shape index (κ3) is 1.76. The molecule has 2 unspecified atom stereocenters. The van der Waals surface area contributed by atoms with Crippen LogP contribution in [-0.2, 0) is 7.05 Å². The topological polar surface area (TPSA) is 29.9 Å². The largest absolute Gasteiger partial charge is 0.367 e. The van der Waals surface area contributed by atoms with Crippen molar-refractivity contribution in [3.63, 3.8) is 0 Å². The highest BCUT2D eigenvalue weighted by Crippen LogP contribution is 2.30. The Bertz CT molecular complexity index is 292. The monoisotopic (exact) mass is 193 g/mol. The van der Waals surface area contributed by atoms with Crippen molar-refractivity contribution in [2.24, 2.45) is 13.0 Å². The molecule has 1 saturated carbocycles. The van der Waals surface area contributed by atoms with Crippen LogP contribution in [0.3, 0.4) is 0 Å². The maximum atomic E-state index is 4.16. The smallest absolute Gasteiger partial charge is 0.124 e. The summed E-state index contributed by atoms with van der Waals surface area (Å²) in [6.07, 6.45) is 7.19. The van der Waals surface area contributed by atoms with Crippen molar-refractivity contribution in [3.05, 3.63) is 12.3 Å². The first kappa shape index (κ1) is 9.56. The highest BCUT2D eigenvalue weighted by molar-refractivity contribution is 5.35. The Morgan fingerprint density at radius 2 is 2.43 bits per heavy atom. The van der Waals surface area contributed by atoms with Gasteiger partial charge in [-0.3, -0.25) is 4.68 Å². The summed E-state index contributed by atoms with van der Waals surface area (Å²) in [5.74, 6) is 2.00. The van der Waals surface area contributed by atoms with E-state index in [4.69, 9.17) is 0 Å². The van der Waals surface area contributed by atoms with Gasteiger partial charge in [-0.05, 0) is 18.8 Å². The molecule has 3 nitrogen and oxygen atoms in total. The zero-order valence-electron chi connectivity index (χ0n) is 9.03. The van der Waals surface area contributed by atoms with Crippen molar-refractivity contribution in [1.29, 1.82) is 0 Å². The first-order valence-corrected chi connectivity index (χ1v) is 5.55. The predicted octanol–water partition coefficient (Wildman–Crippen LogP) is 2.41. The standard InChI is InChI=1S/C11H19N3/c1-3-9-5-4-6-10(9)13-11-7-8-12-14(11)2/h7-10,13H,3-6H2,1-2H3. The Morgan fingerprint density at radius 3 is 3.07 bits per heavy atom. The minimum Gasteiger partial charge on any atom is -0.367 e. The lowest BCUT2D eigenvalue weighted by Crippen LogP contribution is -2.24. The van der Waals surface area contributed by atoms with E-state index >= 15 is 0 Å². The summed E-state index contributed by atoms with van der Waals surface area (Å²) in [6, 6.07) is 2.71. The van der Waals surface area contributed by atoms with Crippen molar-refractivity contribution in [2.75, 3.05) is 5.32 Å². The van der Waals surface area contributed by atoms with Crippen LogP contribution in [0.1, 0.15) is 32.6 Å². The number of hydrogen-bond acceptors (Lipinski definition) is 2. The number of aryl methyl sites for hydroxylation is 1. The molecule has 0 amide bonds. The molecule has 1 aliphatic rings. The van der Waals surface area contributed by atoms with E-state index in [0.29, 0.717) is 6.04 Å². The van der Waals surface area contributed by atoms with Crippen LogP contribution >= 0.6 is 0 Å². The summed E-state index contributed by atoms with van der Waals surface area (Å²) >= 11 is 0. The minimum absolute atomic E-state index is 0.662. The van der Waals surface area contributed by atoms with E-state index in [0.717, 1.165) is 11.7 Å². The molecule has 1 aromatic heterocycles. The van der Waals surface area contributed by atoms with E-state index < -0.39 is 0 Å². The molecule has 1 N–H and O–H groups in total. The quantitative estimate of drug-likeness (QED) is 0.799. The summed E-state index contributed by atoms with van der Waals surface area (Å²) < 4.78 is 1.91. The molecule has 2 rings (SSSR count). The molecule has 14 heavy (non-hydrogen) atoms. The predicted molar refractivity (Wildman–Crippen MR) is 58.3 cm³/mol. The zero-order chi connectivity index (χ0) is 9.97. The molecule has 0 radical (unpaired) electrons. The van der Waals surface area contributed by atoms with Gasteiger partial charge < -0.3 is 5.32 Å². The molecule has 0 aliphatic heterocycles. The second-order valence-electron chi connectivity index (χ2n) is 4.19. The van der Waals surface area contributed by atoms with E-state index in [1.165, 1.54) is 25.7 Å². The minimum atomic E-state index is 0.662. The van der Waals surface area contributed by atoms with Gasteiger partial charge in [0.1, 0.15) is 5.82 Å². The van der Waals surface area contributed by atoms with Gasteiger partial charge in [0, 0.05) is 19.2 Å². The number of nitrogens with zero attached hydrogens (tertiary/aromatic N) is 2. The van der Waals surface area contributed by atoms with Gasteiger partial charge in [-0.25, -0.2) is 0 Å². The highest BCUT2D eigenvalue weighted by atomic mass is 15.3. The molecule has 0 spiro atoms. The second-order valence-corrected chi connectivity index (χ2v) is 4.19. The molecule has 78 valence electrons. The molecule has 0 saturated heterocycles. The summed E-state index contributed by atoms with van der Waals surface area (Å²) in [5.41, 5.74) is 0. The van der Waals surface area contributed by atoms with Crippen LogP contribution in [0.15, 0.2) is 12.3 Å². The van der Waals surface area contributed by atoms with Crippen molar-refractivity contribution < 1.29 is 0 Å². The molecule has 3 heteroatoms. The van der Waals surface area contributed by atoms with Gasteiger partial charge in [0.25, 0.3) is 0 Å². The maximum Gasteiger partial charge on any atom is 0.124 e. The molecular weight excluding hydrogens is 174 g/mol. The lowest BCUT2D eigenvalue weighted by molar-refractivity contribution is 0.486. The van der Waals surface area contributed by atoms with Gasteiger partial charge in [-0.1, -0.05) is 19.8 Å². The maximum absolute atomic E-state index is 4.16. The van der Waals surface area contributed by atoms with Gasteiger partial charge >= 0.3 is 0 Å². The van der Waals surface area contributed by atoms with Crippen molar-refractivity contribution >= 4 is 5.82 Å².